The lowest BCUT2D eigenvalue weighted by atomic mass is 10.1. The van der Waals surface area contributed by atoms with E-state index in [-0.39, 0.29) is 18.4 Å². The Morgan fingerprint density at radius 2 is 2.26 bits per heavy atom. The molecule has 7 nitrogen and oxygen atoms in total. The second-order valence-corrected chi connectivity index (χ2v) is 5.97. The molecule has 0 aliphatic carbocycles. The molecule has 1 atom stereocenters. The van der Waals surface area contributed by atoms with Crippen LogP contribution in [-0.4, -0.2) is 55.2 Å². The van der Waals surface area contributed by atoms with E-state index < -0.39 is 5.97 Å². The molecule has 23 heavy (non-hydrogen) atoms. The first-order valence-corrected chi connectivity index (χ1v) is 7.64. The predicted molar refractivity (Wildman–Crippen MR) is 86.9 cm³/mol. The van der Waals surface area contributed by atoms with Crippen LogP contribution in [0.5, 0.6) is 5.75 Å². The average Bonchev–Trinajstić information content (AvgIpc) is 2.93. The van der Waals surface area contributed by atoms with E-state index in [0.29, 0.717) is 35.1 Å². The first kappa shape index (κ1) is 17.4. The first-order chi connectivity index (χ1) is 10.9. The number of benzene rings is 1. The minimum atomic E-state index is -0.837. The highest BCUT2D eigenvalue weighted by Crippen LogP contribution is 2.28. The fourth-order valence-corrected chi connectivity index (χ4v) is 2.83. The molecule has 0 radical (unpaired) electrons. The molecule has 1 amide bonds. The van der Waals surface area contributed by atoms with E-state index in [1.165, 1.54) is 19.2 Å². The van der Waals surface area contributed by atoms with E-state index in [0.717, 1.165) is 13.0 Å². The number of hydrogen-bond acceptors (Lipinski definition) is 5. The van der Waals surface area contributed by atoms with Gasteiger partial charge in [-0.2, -0.15) is 0 Å². The van der Waals surface area contributed by atoms with Gasteiger partial charge in [-0.15, -0.1) is 0 Å². The summed E-state index contributed by atoms with van der Waals surface area (Å²) in [7, 11) is 1.46. The van der Waals surface area contributed by atoms with Gasteiger partial charge in [-0.3, -0.25) is 14.5 Å². The van der Waals surface area contributed by atoms with Crippen LogP contribution >= 0.6 is 11.6 Å². The number of hydrogen-bond donors (Lipinski definition) is 3. The summed E-state index contributed by atoms with van der Waals surface area (Å²) in [5, 5.41) is 11.9. The zero-order valence-electron chi connectivity index (χ0n) is 12.8. The van der Waals surface area contributed by atoms with Crippen LogP contribution in [0.25, 0.3) is 0 Å². The number of nitrogen functional groups attached to an aromatic ring is 1. The highest BCUT2D eigenvalue weighted by atomic mass is 35.5. The lowest BCUT2D eigenvalue weighted by Crippen LogP contribution is -2.32. The predicted octanol–water partition coefficient (Wildman–Crippen LogP) is 1.07. The second-order valence-electron chi connectivity index (χ2n) is 5.57. The van der Waals surface area contributed by atoms with Crippen LogP contribution in [0.1, 0.15) is 16.8 Å². The van der Waals surface area contributed by atoms with Crippen LogP contribution in [0.15, 0.2) is 12.1 Å². The Balaban J connectivity index is 1.93. The van der Waals surface area contributed by atoms with Gasteiger partial charge in [-0.05, 0) is 24.9 Å². The quantitative estimate of drug-likeness (QED) is 0.668. The van der Waals surface area contributed by atoms with E-state index in [1.54, 1.807) is 0 Å². The van der Waals surface area contributed by atoms with Crippen molar-refractivity contribution in [3.05, 3.63) is 22.7 Å². The fraction of sp³-hybridized carbons (Fsp3) is 0.467. The van der Waals surface area contributed by atoms with Gasteiger partial charge in [0.05, 0.1) is 29.9 Å². The molecule has 1 fully saturated rings. The van der Waals surface area contributed by atoms with Crippen molar-refractivity contribution in [1.82, 2.24) is 10.2 Å². The summed E-state index contributed by atoms with van der Waals surface area (Å²) in [5.41, 5.74) is 6.37. The van der Waals surface area contributed by atoms with Gasteiger partial charge < -0.3 is 20.9 Å². The topological polar surface area (TPSA) is 105 Å². The number of likely N-dealkylation sites (tertiary alicyclic amines) is 1. The maximum absolute atomic E-state index is 12.3. The van der Waals surface area contributed by atoms with E-state index in [1.807, 2.05) is 4.90 Å². The number of carboxylic acid groups (broad SMARTS) is 1. The molecular weight excluding hydrogens is 322 g/mol. The molecule has 4 N–H and O–H groups in total. The van der Waals surface area contributed by atoms with Crippen molar-refractivity contribution in [3.63, 3.8) is 0 Å². The van der Waals surface area contributed by atoms with Crippen LogP contribution in [0.2, 0.25) is 5.02 Å². The Kier molecular flexibility index (Phi) is 5.68. The molecule has 0 saturated carbocycles. The Labute approximate surface area is 139 Å². The van der Waals surface area contributed by atoms with Crippen molar-refractivity contribution in [1.29, 1.82) is 0 Å². The number of aliphatic carboxylic acids is 1. The number of nitrogens with zero attached hydrogens (tertiary/aromatic N) is 1. The largest absolute Gasteiger partial charge is 0.496 e. The summed E-state index contributed by atoms with van der Waals surface area (Å²) in [6.07, 6.45) is 0.854. The molecule has 1 aliphatic heterocycles. The Morgan fingerprint density at radius 3 is 2.91 bits per heavy atom. The van der Waals surface area contributed by atoms with Crippen LogP contribution < -0.4 is 15.8 Å². The van der Waals surface area contributed by atoms with Gasteiger partial charge in [-0.25, -0.2) is 0 Å². The zero-order valence-corrected chi connectivity index (χ0v) is 13.6. The van der Waals surface area contributed by atoms with Crippen LogP contribution in [0.4, 0.5) is 5.69 Å². The van der Waals surface area contributed by atoms with Crippen molar-refractivity contribution in [2.75, 3.05) is 39.0 Å². The van der Waals surface area contributed by atoms with Crippen molar-refractivity contribution in [2.45, 2.75) is 6.42 Å². The molecule has 0 spiro atoms. The standard InChI is InChI=1S/C15H20ClN3O4/c1-23-13-5-12(17)11(16)4-10(13)15(22)18-6-9-2-3-19(7-9)8-14(20)21/h4-5,9H,2-3,6-8,17H2,1H3,(H,18,22)(H,20,21). The number of halogens is 1. The smallest absolute Gasteiger partial charge is 0.317 e. The summed E-state index contributed by atoms with van der Waals surface area (Å²) >= 11 is 5.96. The number of carbonyl (C=O) groups excluding carboxylic acids is 1. The number of carbonyl (C=O) groups is 2. The van der Waals surface area contributed by atoms with Crippen molar-refractivity contribution in [2.24, 2.45) is 5.92 Å². The SMILES string of the molecule is COc1cc(N)c(Cl)cc1C(=O)NCC1CCN(CC(=O)O)C1. The molecule has 8 heteroatoms. The lowest BCUT2D eigenvalue weighted by Gasteiger charge is -2.15. The molecule has 1 saturated heterocycles. The van der Waals surface area contributed by atoms with Gasteiger partial charge in [0.15, 0.2) is 0 Å². The monoisotopic (exact) mass is 341 g/mol. The number of nitrogens with one attached hydrogen (secondary N) is 1. The summed E-state index contributed by atoms with van der Waals surface area (Å²) < 4.78 is 5.16. The van der Waals surface area contributed by atoms with E-state index in [2.05, 4.69) is 5.32 Å². The molecular formula is C15H20ClN3O4. The van der Waals surface area contributed by atoms with Gasteiger partial charge in [-0.1, -0.05) is 11.6 Å². The van der Waals surface area contributed by atoms with Crippen LogP contribution in [0, 0.1) is 5.92 Å². The Morgan fingerprint density at radius 1 is 1.52 bits per heavy atom. The number of methoxy groups -OCH3 is 1. The summed E-state index contributed by atoms with van der Waals surface area (Å²) in [5.74, 6) is -0.534. The maximum Gasteiger partial charge on any atom is 0.317 e. The summed E-state index contributed by atoms with van der Waals surface area (Å²) in [4.78, 5) is 24.9. The minimum absolute atomic E-state index is 0.0336. The van der Waals surface area contributed by atoms with Gasteiger partial charge in [0.25, 0.3) is 5.91 Å². The minimum Gasteiger partial charge on any atom is -0.496 e. The van der Waals surface area contributed by atoms with Crippen LogP contribution in [-0.2, 0) is 4.79 Å². The zero-order chi connectivity index (χ0) is 17.0. The van der Waals surface area contributed by atoms with E-state index >= 15 is 0 Å². The lowest BCUT2D eigenvalue weighted by molar-refractivity contribution is -0.138. The first-order valence-electron chi connectivity index (χ1n) is 7.26. The molecule has 1 unspecified atom stereocenters. The molecule has 0 bridgehead atoms. The third-order valence-electron chi connectivity index (χ3n) is 3.84. The molecule has 1 aromatic rings. The van der Waals surface area contributed by atoms with Gasteiger partial charge in [0, 0.05) is 19.2 Å². The van der Waals surface area contributed by atoms with Gasteiger partial charge >= 0.3 is 5.97 Å². The molecule has 1 aliphatic rings. The number of rotatable bonds is 6. The average molecular weight is 342 g/mol. The van der Waals surface area contributed by atoms with Crippen LogP contribution in [0.3, 0.4) is 0 Å². The maximum atomic E-state index is 12.3. The van der Waals surface area contributed by atoms with Crippen molar-refractivity contribution >= 4 is 29.2 Å². The molecule has 2 rings (SSSR count). The number of carboxylic acids is 1. The fourth-order valence-electron chi connectivity index (χ4n) is 2.66. The van der Waals surface area contributed by atoms with Gasteiger partial charge in [0.2, 0.25) is 0 Å². The van der Waals surface area contributed by atoms with Gasteiger partial charge in [0.1, 0.15) is 5.75 Å². The third-order valence-corrected chi connectivity index (χ3v) is 4.17. The highest BCUT2D eigenvalue weighted by molar-refractivity contribution is 6.33. The van der Waals surface area contributed by atoms with Crippen molar-refractivity contribution in [3.8, 4) is 5.75 Å². The number of amides is 1. The summed E-state index contributed by atoms with van der Waals surface area (Å²) in [6, 6.07) is 3.00. The molecule has 1 aromatic carbocycles. The normalized spacial score (nSPS) is 17.9. The highest BCUT2D eigenvalue weighted by Gasteiger charge is 2.25. The summed E-state index contributed by atoms with van der Waals surface area (Å²) in [6.45, 7) is 1.89. The number of anilines is 1. The Hall–Kier alpha value is -1.99. The third kappa shape index (κ3) is 4.49. The second kappa shape index (κ2) is 7.52. The number of ether oxygens (including phenoxy) is 1. The van der Waals surface area contributed by atoms with E-state index in [9.17, 15) is 9.59 Å². The molecule has 126 valence electrons. The molecule has 0 aromatic heterocycles. The van der Waals surface area contributed by atoms with E-state index in [4.69, 9.17) is 27.2 Å². The molecule has 1 heterocycles. The Bertz CT molecular complexity index is 609. The van der Waals surface area contributed by atoms with Crippen molar-refractivity contribution < 1.29 is 19.4 Å². The number of nitrogens with two attached hydrogens (primary N) is 1.